The largest absolute Gasteiger partial charge is 1.00 e. The Hall–Kier alpha value is -3.35. The fourth-order valence-corrected chi connectivity index (χ4v) is 6.34. The fourth-order valence-electron chi connectivity index (χ4n) is 3.88. The van der Waals surface area contributed by atoms with Gasteiger partial charge in [0.25, 0.3) is 15.7 Å². The molecular formula is C23H14N4Na2O18S4. The minimum absolute atomic E-state index is 0. The van der Waals surface area contributed by atoms with E-state index < -0.39 is 112 Å². The van der Waals surface area contributed by atoms with E-state index in [1.165, 1.54) is 0 Å². The van der Waals surface area contributed by atoms with Crippen molar-refractivity contribution in [2.75, 3.05) is 0 Å². The molecule has 0 saturated carbocycles. The van der Waals surface area contributed by atoms with Crippen LogP contribution in [0.25, 0.3) is 11.8 Å². The van der Waals surface area contributed by atoms with E-state index in [-0.39, 0.29) is 69.0 Å². The van der Waals surface area contributed by atoms with E-state index in [2.05, 4.69) is 9.39 Å². The molecule has 260 valence electrons. The van der Waals surface area contributed by atoms with Crippen LogP contribution < -0.4 is 64.7 Å². The van der Waals surface area contributed by atoms with Gasteiger partial charge in [0, 0.05) is 0 Å². The first kappa shape index (κ1) is 43.8. The first-order valence-electron chi connectivity index (χ1n) is 12.2. The molecule has 0 atom stereocenters. The second-order valence-electron chi connectivity index (χ2n) is 9.13. The van der Waals surface area contributed by atoms with Gasteiger partial charge in [-0.3, -0.25) is 19.2 Å². The van der Waals surface area contributed by atoms with Gasteiger partial charge in [-0.1, -0.05) is 11.2 Å². The van der Waals surface area contributed by atoms with Crippen LogP contribution in [0.5, 0.6) is 0 Å². The number of aliphatic carboxylic acids is 1. The maximum atomic E-state index is 13.2. The van der Waals surface area contributed by atoms with E-state index in [0.717, 1.165) is 0 Å². The van der Waals surface area contributed by atoms with Crippen molar-refractivity contribution in [3.05, 3.63) is 81.8 Å². The number of hydrogen-bond donors (Lipinski definition) is 4. The number of benzene rings is 2. The Bertz CT molecular complexity index is 2560. The summed E-state index contributed by atoms with van der Waals surface area (Å²) in [6, 6.07) is 3.81. The average molecular weight is 809 g/mol. The molecule has 1 aliphatic rings. The Morgan fingerprint density at radius 3 is 1.86 bits per heavy atom. The minimum Gasteiger partial charge on any atom is -0.744 e. The van der Waals surface area contributed by atoms with E-state index in [0.29, 0.717) is 60.7 Å². The van der Waals surface area contributed by atoms with Crippen LogP contribution in [-0.4, -0.2) is 96.1 Å². The van der Waals surface area contributed by atoms with Crippen molar-refractivity contribution in [2.45, 2.75) is 19.6 Å². The summed E-state index contributed by atoms with van der Waals surface area (Å²) >= 11 is 0. The topological polar surface area (TPSA) is 357 Å². The van der Waals surface area contributed by atoms with E-state index >= 15 is 0 Å². The predicted molar refractivity (Wildman–Crippen MR) is 153 cm³/mol. The van der Waals surface area contributed by atoms with Crippen LogP contribution in [0.4, 0.5) is 0 Å². The van der Waals surface area contributed by atoms with Crippen molar-refractivity contribution < 1.29 is 135 Å². The van der Waals surface area contributed by atoms with Gasteiger partial charge in [-0.2, -0.15) is 16.8 Å². The number of allylic oxidation sites excluding steroid dienone is 2. The summed E-state index contributed by atoms with van der Waals surface area (Å²) in [6.07, 6.45) is 1.95. The summed E-state index contributed by atoms with van der Waals surface area (Å²) in [5, 5.41) is 24.0. The van der Waals surface area contributed by atoms with Crippen molar-refractivity contribution >= 4 is 70.1 Å². The zero-order chi connectivity index (χ0) is 36.9. The number of carbonyl (C=O) groups is 3. The molecule has 1 amide bonds. The molecule has 1 aromatic heterocycles. The Balaban J connectivity index is 0.00000451. The third-order valence-corrected chi connectivity index (χ3v) is 9.80. The monoisotopic (exact) mass is 808 g/mol. The van der Waals surface area contributed by atoms with Gasteiger partial charge in [-0.05, 0) is 54.6 Å². The second-order valence-corrected chi connectivity index (χ2v) is 14.8. The number of aromatic amines is 1. The first-order valence-corrected chi connectivity index (χ1v) is 17.8. The van der Waals surface area contributed by atoms with Gasteiger partial charge in [-0.15, -0.1) is 9.39 Å². The van der Waals surface area contributed by atoms with Crippen LogP contribution in [0, 0.1) is 0 Å². The normalized spacial score (nSPS) is 14.6. The molecule has 51 heavy (non-hydrogen) atoms. The molecule has 1 aliphatic heterocycles. The van der Waals surface area contributed by atoms with Crippen molar-refractivity contribution in [2.24, 2.45) is 5.10 Å². The minimum atomic E-state index is -5.48. The molecule has 0 saturated heterocycles. The smallest absolute Gasteiger partial charge is 0.744 e. The maximum absolute atomic E-state index is 13.2. The standard InChI is InChI=1S/C23H16N4O18S4.2Na/c28-20-14(18(22(30)31)24-26(20)16-10-13(47(37,38)39)8-9-17(16)48(40,41)42)2-1-3-15-19(23(32)33)25-27(21(15)29)45-49(43,44)12-6-4-11(5-7-12)46(34,35)36;;/h1-10,24H,(H,30,31)(H,32,33)(H,34,35,36)(H,37,38,39)(H,40,41,42);;/q;2*+1/p-2. The first-order chi connectivity index (χ1) is 22.4. The maximum Gasteiger partial charge on any atom is 1.00 e. The van der Waals surface area contributed by atoms with E-state index in [1.807, 2.05) is 5.10 Å². The van der Waals surface area contributed by atoms with Crippen molar-refractivity contribution in [1.82, 2.24) is 15.0 Å². The Kier molecular flexibility index (Phi) is 13.5. The molecule has 0 unspecified atom stereocenters. The molecular weight excluding hydrogens is 795 g/mol. The van der Waals surface area contributed by atoms with Gasteiger partial charge < -0.3 is 19.3 Å². The van der Waals surface area contributed by atoms with Gasteiger partial charge in [0.05, 0.1) is 36.4 Å². The summed E-state index contributed by atoms with van der Waals surface area (Å²) in [5.41, 5.74) is -6.44. The number of hydrogen-bond acceptors (Lipinski definition) is 16. The molecule has 4 N–H and O–H groups in total. The predicted octanol–water partition coefficient (Wildman–Crippen LogP) is -7.53. The summed E-state index contributed by atoms with van der Waals surface area (Å²) in [5.74, 6) is -5.34. The van der Waals surface area contributed by atoms with Crippen molar-refractivity contribution in [3.8, 4) is 5.69 Å². The number of carbonyl (C=O) groups excluding carboxylic acids is 1. The van der Waals surface area contributed by atoms with Crippen LogP contribution in [0.3, 0.4) is 0 Å². The summed E-state index contributed by atoms with van der Waals surface area (Å²) in [4.78, 5) is 45.8. The molecule has 4 rings (SSSR count). The summed E-state index contributed by atoms with van der Waals surface area (Å²) in [7, 11) is -20.5. The second kappa shape index (κ2) is 15.7. The van der Waals surface area contributed by atoms with E-state index in [4.69, 9.17) is 4.55 Å². The SMILES string of the molecule is O=C(O)C1=NN(OS(=O)(=O)c2ccc(S(=O)(=O)O)cc2)C(=O)C1=CC=Cc1c(C(=O)O)[nH]n(-c2cc(S(=O)(=O)[O-])ccc2S(=O)(=O)[O-])c1=O.[Na+].[Na+]. The number of nitrogens with one attached hydrogen (secondary N) is 1. The summed E-state index contributed by atoms with van der Waals surface area (Å²) < 4.78 is 131. The van der Waals surface area contributed by atoms with Gasteiger partial charge in [0.1, 0.15) is 20.2 Å². The number of carboxylic acids is 2. The Labute approximate surface area is 329 Å². The van der Waals surface area contributed by atoms with E-state index in [9.17, 15) is 72.2 Å². The van der Waals surface area contributed by atoms with Gasteiger partial charge in [0.2, 0.25) is 0 Å². The van der Waals surface area contributed by atoms with Crippen LogP contribution in [0.1, 0.15) is 16.1 Å². The number of nitrogens with zero attached hydrogens (tertiary/aromatic N) is 3. The Morgan fingerprint density at radius 1 is 0.824 bits per heavy atom. The molecule has 0 aliphatic carbocycles. The average Bonchev–Trinajstić information content (AvgIpc) is 3.47. The van der Waals surface area contributed by atoms with E-state index in [1.54, 1.807) is 0 Å². The number of aromatic nitrogens is 2. The fraction of sp³-hybridized carbons (Fsp3) is 0. The summed E-state index contributed by atoms with van der Waals surface area (Å²) in [6.45, 7) is 0. The number of amides is 1. The molecule has 0 bridgehead atoms. The van der Waals surface area contributed by atoms with Gasteiger partial charge >= 0.3 is 87.1 Å². The number of carboxylic acid groups (broad SMARTS) is 2. The number of hydrazone groups is 1. The zero-order valence-corrected chi connectivity index (χ0v) is 32.5. The Morgan fingerprint density at radius 2 is 1.37 bits per heavy atom. The third-order valence-electron chi connectivity index (χ3n) is 6.03. The third kappa shape index (κ3) is 9.56. The number of hydroxylamine groups is 1. The van der Waals surface area contributed by atoms with Crippen LogP contribution in [0.2, 0.25) is 0 Å². The molecule has 2 aromatic carbocycles. The zero-order valence-electron chi connectivity index (χ0n) is 25.2. The van der Waals surface area contributed by atoms with Crippen LogP contribution in [0.15, 0.2) is 89.7 Å². The van der Waals surface area contributed by atoms with Crippen molar-refractivity contribution in [1.29, 1.82) is 0 Å². The number of H-pyrrole nitrogens is 1. The van der Waals surface area contributed by atoms with Gasteiger partial charge in [0.15, 0.2) is 11.4 Å². The number of rotatable bonds is 11. The van der Waals surface area contributed by atoms with Gasteiger partial charge in [-0.25, -0.2) is 31.1 Å². The van der Waals surface area contributed by atoms with Crippen LogP contribution >= 0.6 is 0 Å². The van der Waals surface area contributed by atoms with Crippen LogP contribution in [-0.2, 0) is 54.3 Å². The van der Waals surface area contributed by atoms with Crippen molar-refractivity contribution in [3.63, 3.8) is 0 Å². The molecule has 0 fully saturated rings. The molecule has 2 heterocycles. The molecule has 0 spiro atoms. The molecule has 28 heteroatoms. The molecule has 0 radical (unpaired) electrons. The number of aromatic carboxylic acids is 1. The molecule has 22 nitrogen and oxygen atoms in total. The quantitative estimate of drug-likeness (QED) is 0.0794. The molecule has 3 aromatic rings.